The summed E-state index contributed by atoms with van der Waals surface area (Å²) < 4.78 is 1.52. The largest absolute Gasteiger partial charge is 0.311 e. The number of carbonyl (C=O) groups is 1. The van der Waals surface area contributed by atoms with Crippen molar-refractivity contribution in [2.75, 3.05) is 5.32 Å². The first-order valence-electron chi connectivity index (χ1n) is 6.78. The van der Waals surface area contributed by atoms with E-state index in [9.17, 15) is 4.79 Å². The Labute approximate surface area is 116 Å². The molecule has 2 aromatic heterocycles. The molecule has 0 bridgehead atoms. The molecule has 1 aliphatic carbocycles. The van der Waals surface area contributed by atoms with Crippen LogP contribution in [0.1, 0.15) is 32.1 Å². The van der Waals surface area contributed by atoms with Gasteiger partial charge in [-0.2, -0.15) is 5.10 Å². The fourth-order valence-electron chi connectivity index (χ4n) is 2.54. The minimum atomic E-state index is 0.0140. The average molecular weight is 272 g/mol. The van der Waals surface area contributed by atoms with E-state index in [0.29, 0.717) is 24.0 Å². The van der Waals surface area contributed by atoms with Crippen molar-refractivity contribution in [2.45, 2.75) is 32.1 Å². The topological polar surface area (TPSA) is 85.6 Å². The van der Waals surface area contributed by atoms with Crippen molar-refractivity contribution >= 4 is 11.7 Å². The zero-order valence-electron chi connectivity index (χ0n) is 11.1. The van der Waals surface area contributed by atoms with E-state index in [1.54, 1.807) is 12.4 Å². The van der Waals surface area contributed by atoms with Crippen LogP contribution in [-0.2, 0) is 4.79 Å². The van der Waals surface area contributed by atoms with E-state index in [0.717, 1.165) is 12.8 Å². The lowest BCUT2D eigenvalue weighted by molar-refractivity contribution is -0.117. The second-order valence-electron chi connectivity index (χ2n) is 5.00. The highest BCUT2D eigenvalue weighted by molar-refractivity contribution is 5.90. The minimum Gasteiger partial charge on any atom is -0.311 e. The number of rotatable bonds is 4. The summed E-state index contributed by atoms with van der Waals surface area (Å²) in [5.41, 5.74) is 0. The highest BCUT2D eigenvalue weighted by Gasteiger charge is 2.18. The van der Waals surface area contributed by atoms with E-state index in [-0.39, 0.29) is 5.91 Å². The smallest absolute Gasteiger partial charge is 0.225 e. The zero-order chi connectivity index (χ0) is 13.8. The van der Waals surface area contributed by atoms with Gasteiger partial charge in [0.1, 0.15) is 24.8 Å². The van der Waals surface area contributed by atoms with Crippen molar-refractivity contribution in [3.63, 3.8) is 0 Å². The van der Waals surface area contributed by atoms with Crippen LogP contribution < -0.4 is 5.32 Å². The maximum absolute atomic E-state index is 12.0. The molecule has 7 nitrogen and oxygen atoms in total. The Kier molecular flexibility index (Phi) is 3.67. The summed E-state index contributed by atoms with van der Waals surface area (Å²) in [5.74, 6) is 1.61. The van der Waals surface area contributed by atoms with Gasteiger partial charge in [-0.05, 0) is 18.8 Å². The van der Waals surface area contributed by atoms with Crippen molar-refractivity contribution in [2.24, 2.45) is 5.92 Å². The van der Waals surface area contributed by atoms with Gasteiger partial charge in [-0.3, -0.25) is 4.79 Å². The molecule has 104 valence electrons. The fraction of sp³-hybridized carbons (Fsp3) is 0.462. The number of aromatic nitrogens is 5. The van der Waals surface area contributed by atoms with Gasteiger partial charge in [-0.1, -0.05) is 12.8 Å². The summed E-state index contributed by atoms with van der Waals surface area (Å²) in [6, 6.07) is 1.68. The Morgan fingerprint density at radius 1 is 1.30 bits per heavy atom. The van der Waals surface area contributed by atoms with Gasteiger partial charge in [-0.25, -0.2) is 19.6 Å². The number of hydrogen-bond acceptors (Lipinski definition) is 5. The summed E-state index contributed by atoms with van der Waals surface area (Å²) >= 11 is 0. The number of carbonyl (C=O) groups excluding carboxylic acids is 1. The molecular formula is C13H16N6O. The monoisotopic (exact) mass is 272 g/mol. The number of anilines is 1. The molecule has 3 rings (SSSR count). The summed E-state index contributed by atoms with van der Waals surface area (Å²) in [4.78, 5) is 24.0. The van der Waals surface area contributed by atoms with Crippen molar-refractivity contribution < 1.29 is 4.79 Å². The molecule has 20 heavy (non-hydrogen) atoms. The first kappa shape index (κ1) is 12.7. The van der Waals surface area contributed by atoms with Gasteiger partial charge in [0.25, 0.3) is 0 Å². The van der Waals surface area contributed by atoms with Crippen LogP contribution in [0.25, 0.3) is 5.82 Å². The molecule has 1 saturated carbocycles. The van der Waals surface area contributed by atoms with Crippen LogP contribution in [0.3, 0.4) is 0 Å². The molecule has 0 unspecified atom stereocenters. The highest BCUT2D eigenvalue weighted by atomic mass is 16.1. The first-order valence-corrected chi connectivity index (χ1v) is 6.78. The summed E-state index contributed by atoms with van der Waals surface area (Å²) in [6.45, 7) is 0. The average Bonchev–Trinajstić information content (AvgIpc) is 3.11. The molecule has 2 heterocycles. The molecule has 2 aromatic rings. The van der Waals surface area contributed by atoms with Crippen molar-refractivity contribution in [1.82, 2.24) is 24.7 Å². The molecule has 1 N–H and O–H groups in total. The molecule has 0 radical (unpaired) electrons. The first-order chi connectivity index (χ1) is 9.81. The fourth-order valence-corrected chi connectivity index (χ4v) is 2.54. The van der Waals surface area contributed by atoms with E-state index in [4.69, 9.17) is 0 Å². The molecular weight excluding hydrogens is 256 g/mol. The summed E-state index contributed by atoms with van der Waals surface area (Å²) in [6.07, 6.45) is 9.74. The van der Waals surface area contributed by atoms with Crippen molar-refractivity contribution in [3.05, 3.63) is 25.0 Å². The number of nitrogens with zero attached hydrogens (tertiary/aromatic N) is 5. The lowest BCUT2D eigenvalue weighted by atomic mass is 10.0. The predicted molar refractivity (Wildman–Crippen MR) is 72.2 cm³/mol. The van der Waals surface area contributed by atoms with Gasteiger partial charge in [0, 0.05) is 12.5 Å². The number of amides is 1. The Morgan fingerprint density at radius 3 is 2.90 bits per heavy atom. The third-order valence-electron chi connectivity index (χ3n) is 3.52. The molecule has 0 aliphatic heterocycles. The third kappa shape index (κ3) is 2.98. The second kappa shape index (κ2) is 5.77. The lowest BCUT2D eigenvalue weighted by Crippen LogP contribution is -2.16. The molecule has 0 saturated heterocycles. The molecule has 1 fully saturated rings. The van der Waals surface area contributed by atoms with Gasteiger partial charge in [0.2, 0.25) is 5.91 Å². The SMILES string of the molecule is O=C(CC1CCCC1)Nc1cc(-n2cncn2)ncn1. The maximum atomic E-state index is 12.0. The third-order valence-corrected chi connectivity index (χ3v) is 3.52. The minimum absolute atomic E-state index is 0.0140. The van der Waals surface area contributed by atoms with Crippen LogP contribution in [0.5, 0.6) is 0 Å². The summed E-state index contributed by atoms with van der Waals surface area (Å²) in [5, 5.41) is 6.81. The van der Waals surface area contributed by atoms with Gasteiger partial charge in [-0.15, -0.1) is 0 Å². The van der Waals surface area contributed by atoms with E-state index in [1.807, 2.05) is 0 Å². The van der Waals surface area contributed by atoms with Crippen molar-refractivity contribution in [3.8, 4) is 5.82 Å². The van der Waals surface area contributed by atoms with Gasteiger partial charge in [0.15, 0.2) is 5.82 Å². The molecule has 7 heteroatoms. The number of hydrogen-bond donors (Lipinski definition) is 1. The van der Waals surface area contributed by atoms with Crippen LogP contribution in [-0.4, -0.2) is 30.6 Å². The maximum Gasteiger partial charge on any atom is 0.225 e. The molecule has 0 spiro atoms. The van der Waals surface area contributed by atoms with E-state index in [1.165, 1.54) is 30.2 Å². The normalized spacial score (nSPS) is 15.4. The zero-order valence-corrected chi connectivity index (χ0v) is 11.1. The van der Waals surface area contributed by atoms with Gasteiger partial charge in [0.05, 0.1) is 0 Å². The van der Waals surface area contributed by atoms with Crippen LogP contribution >= 0.6 is 0 Å². The van der Waals surface area contributed by atoms with Crippen molar-refractivity contribution in [1.29, 1.82) is 0 Å². The number of nitrogens with one attached hydrogen (secondary N) is 1. The van der Waals surface area contributed by atoms with Gasteiger partial charge < -0.3 is 5.32 Å². The Hall–Kier alpha value is -2.31. The van der Waals surface area contributed by atoms with Gasteiger partial charge >= 0.3 is 0 Å². The Morgan fingerprint density at radius 2 is 2.15 bits per heavy atom. The Bertz CT molecular complexity index is 576. The lowest BCUT2D eigenvalue weighted by Gasteiger charge is -2.09. The molecule has 0 atom stereocenters. The molecule has 0 aromatic carbocycles. The van der Waals surface area contributed by atoms with E-state index < -0.39 is 0 Å². The molecule has 1 amide bonds. The van der Waals surface area contributed by atoms with E-state index >= 15 is 0 Å². The highest BCUT2D eigenvalue weighted by Crippen LogP contribution is 2.27. The van der Waals surface area contributed by atoms with Crippen LogP contribution in [0, 0.1) is 5.92 Å². The summed E-state index contributed by atoms with van der Waals surface area (Å²) in [7, 11) is 0. The van der Waals surface area contributed by atoms with Crippen LogP contribution in [0.2, 0.25) is 0 Å². The van der Waals surface area contributed by atoms with E-state index in [2.05, 4.69) is 25.4 Å². The Balaban J connectivity index is 1.65. The predicted octanol–water partition coefficient (Wildman–Crippen LogP) is 1.58. The molecule has 1 aliphatic rings. The van der Waals surface area contributed by atoms with Crippen LogP contribution in [0.15, 0.2) is 25.0 Å². The standard InChI is InChI=1S/C13H16N6O/c20-13(5-10-3-1-2-4-10)18-11-6-12(16-8-15-11)19-9-14-7-17-19/h6-10H,1-5H2,(H,15,16,18,20). The second-order valence-corrected chi connectivity index (χ2v) is 5.00. The quantitative estimate of drug-likeness (QED) is 0.913. The van der Waals surface area contributed by atoms with Crippen LogP contribution in [0.4, 0.5) is 5.82 Å².